The summed E-state index contributed by atoms with van der Waals surface area (Å²) in [4.78, 5) is 38.6. The van der Waals surface area contributed by atoms with E-state index in [9.17, 15) is 14.5 Å². The van der Waals surface area contributed by atoms with Gasteiger partial charge in [-0.25, -0.2) is 0 Å². The third-order valence-electron chi connectivity index (χ3n) is 4.98. The fourth-order valence-corrected chi connectivity index (χ4v) is 3.69. The largest absolute Gasteiger partial charge is 0.454 e. The van der Waals surface area contributed by atoms with Crippen LogP contribution in [0.15, 0.2) is 55.9 Å². The lowest BCUT2D eigenvalue weighted by molar-refractivity contribution is 0.0999. The minimum atomic E-state index is -1.06. The van der Waals surface area contributed by atoms with Crippen molar-refractivity contribution in [2.75, 3.05) is 7.05 Å². The van der Waals surface area contributed by atoms with Gasteiger partial charge in [-0.05, 0) is 18.9 Å². The molecule has 2 aromatic heterocycles. The van der Waals surface area contributed by atoms with Gasteiger partial charge in [0, 0.05) is 53.8 Å². The van der Waals surface area contributed by atoms with E-state index in [2.05, 4.69) is 10.2 Å². The second kappa shape index (κ2) is 6.84. The lowest BCUT2D eigenvalue weighted by atomic mass is 9.98. The van der Waals surface area contributed by atoms with Crippen molar-refractivity contribution in [3.8, 4) is 11.5 Å². The summed E-state index contributed by atoms with van der Waals surface area (Å²) in [5.74, 6) is -0.456. The highest BCUT2D eigenvalue weighted by atomic mass is 16.3. The molecule has 0 atom stereocenters. The van der Waals surface area contributed by atoms with Crippen LogP contribution in [-0.4, -0.2) is 23.7 Å². The van der Waals surface area contributed by atoms with E-state index in [4.69, 9.17) is 4.42 Å². The number of fused-ring (bicyclic) bond motifs is 5. The first-order valence-electron chi connectivity index (χ1n) is 8.84. The lowest BCUT2D eigenvalue weighted by Gasteiger charge is -2.18. The topological polar surface area (TPSA) is 94.0 Å². The summed E-state index contributed by atoms with van der Waals surface area (Å²) in [6, 6.07) is 7.28. The average molecular weight is 375 g/mol. The molecule has 1 aliphatic heterocycles. The van der Waals surface area contributed by atoms with Crippen LogP contribution in [0.25, 0.3) is 28.0 Å². The minimum absolute atomic E-state index is 0.227. The van der Waals surface area contributed by atoms with E-state index in [1.165, 1.54) is 12.3 Å². The van der Waals surface area contributed by atoms with Gasteiger partial charge in [0.15, 0.2) is 11.2 Å². The zero-order valence-corrected chi connectivity index (χ0v) is 15.4. The number of allylic oxidation sites excluding steroid dienone is 2. The van der Waals surface area contributed by atoms with Crippen LogP contribution < -0.4 is 5.43 Å². The van der Waals surface area contributed by atoms with Gasteiger partial charge in [0.2, 0.25) is 0 Å². The Morgan fingerprint density at radius 3 is 2.82 bits per heavy atom. The highest BCUT2D eigenvalue weighted by Crippen LogP contribution is 2.39. The predicted molar refractivity (Wildman–Crippen MR) is 108 cm³/mol. The van der Waals surface area contributed by atoms with Crippen molar-refractivity contribution in [3.63, 3.8) is 0 Å². The molecule has 4 rings (SSSR count). The van der Waals surface area contributed by atoms with Gasteiger partial charge in [-0.2, -0.15) is 0 Å². The number of furan rings is 1. The number of amides is 1. The SMILES string of the molecule is C/C=C(\C=NC)c1cccc2c3c(oc12)-c1cc(=O)c(C(=O)N=O)cn1CC3. The van der Waals surface area contributed by atoms with E-state index >= 15 is 0 Å². The average Bonchev–Trinajstić information content (AvgIpc) is 3.10. The third-order valence-corrected chi connectivity index (χ3v) is 4.98. The number of nitrogens with zero attached hydrogens (tertiary/aromatic N) is 3. The van der Waals surface area contributed by atoms with Gasteiger partial charge in [-0.3, -0.25) is 14.6 Å². The summed E-state index contributed by atoms with van der Waals surface area (Å²) in [7, 11) is 1.71. The van der Waals surface area contributed by atoms with Crippen LogP contribution in [0.4, 0.5) is 0 Å². The van der Waals surface area contributed by atoms with Crippen molar-refractivity contribution in [2.45, 2.75) is 19.9 Å². The molecule has 1 aliphatic rings. The van der Waals surface area contributed by atoms with Crippen LogP contribution in [-0.2, 0) is 13.0 Å². The van der Waals surface area contributed by atoms with Crippen molar-refractivity contribution in [3.05, 3.63) is 68.4 Å². The Labute approximate surface area is 160 Å². The van der Waals surface area contributed by atoms with Gasteiger partial charge < -0.3 is 8.98 Å². The van der Waals surface area contributed by atoms with Crippen LogP contribution >= 0.6 is 0 Å². The summed E-state index contributed by atoms with van der Waals surface area (Å²) >= 11 is 0. The second-order valence-electron chi connectivity index (χ2n) is 6.50. The Morgan fingerprint density at radius 1 is 1.29 bits per heavy atom. The molecule has 0 bridgehead atoms. The van der Waals surface area contributed by atoms with E-state index in [0.717, 1.165) is 27.7 Å². The van der Waals surface area contributed by atoms with Gasteiger partial charge in [0.05, 0.1) is 5.69 Å². The van der Waals surface area contributed by atoms with Crippen molar-refractivity contribution < 1.29 is 9.21 Å². The molecule has 0 fully saturated rings. The molecule has 3 heterocycles. The van der Waals surface area contributed by atoms with Gasteiger partial charge in [-0.1, -0.05) is 24.3 Å². The Morgan fingerprint density at radius 2 is 2.11 bits per heavy atom. The number of hydrogen-bond donors (Lipinski definition) is 0. The highest BCUT2D eigenvalue weighted by Gasteiger charge is 2.26. The molecule has 0 N–H and O–H groups in total. The molecule has 0 saturated carbocycles. The molecule has 0 radical (unpaired) electrons. The molecular weight excluding hydrogens is 358 g/mol. The van der Waals surface area contributed by atoms with E-state index in [-0.39, 0.29) is 5.56 Å². The van der Waals surface area contributed by atoms with Crippen LogP contribution in [0.3, 0.4) is 0 Å². The normalized spacial score (nSPS) is 13.6. The quantitative estimate of drug-likeness (QED) is 0.513. The van der Waals surface area contributed by atoms with Crippen molar-refractivity contribution in [2.24, 2.45) is 10.2 Å². The molecule has 7 heteroatoms. The van der Waals surface area contributed by atoms with Crippen LogP contribution in [0.2, 0.25) is 0 Å². The standard InChI is InChI=1S/C21H17N3O4/c1-3-12(10-22-2)13-5-4-6-14-15-7-8-24-11-16(21(26)23-27)18(25)9-17(24)20(15)28-19(13)14/h3-6,9-11H,7-8H2,1-2H3/b12-3+,22-10?. The molecule has 3 aromatic rings. The molecule has 0 saturated heterocycles. The molecule has 0 unspecified atom stereocenters. The molecule has 28 heavy (non-hydrogen) atoms. The monoisotopic (exact) mass is 375 g/mol. The number of para-hydroxylation sites is 1. The predicted octanol–water partition coefficient (Wildman–Crippen LogP) is 3.83. The summed E-state index contributed by atoms with van der Waals surface area (Å²) in [5.41, 5.74) is 3.43. The van der Waals surface area contributed by atoms with Gasteiger partial charge in [0.25, 0.3) is 0 Å². The number of pyridine rings is 1. The molecule has 0 spiro atoms. The number of aromatic nitrogens is 1. The van der Waals surface area contributed by atoms with Crippen molar-refractivity contribution in [1.29, 1.82) is 0 Å². The number of carbonyl (C=O) groups excluding carboxylic acids is 1. The molecule has 1 amide bonds. The van der Waals surface area contributed by atoms with Crippen LogP contribution in [0.1, 0.15) is 28.4 Å². The Balaban J connectivity index is 1.97. The number of nitroso groups, excluding NO2 is 1. The molecule has 140 valence electrons. The van der Waals surface area contributed by atoms with E-state index in [0.29, 0.717) is 24.4 Å². The first kappa shape index (κ1) is 17.8. The highest BCUT2D eigenvalue weighted by molar-refractivity contribution is 6.14. The Kier molecular flexibility index (Phi) is 4.35. The first-order valence-corrected chi connectivity index (χ1v) is 8.84. The lowest BCUT2D eigenvalue weighted by Crippen LogP contribution is -2.20. The molecular formula is C21H17N3O4. The zero-order valence-electron chi connectivity index (χ0n) is 15.4. The maximum absolute atomic E-state index is 12.3. The molecule has 7 nitrogen and oxygen atoms in total. The van der Waals surface area contributed by atoms with Gasteiger partial charge in [-0.15, -0.1) is 4.91 Å². The summed E-state index contributed by atoms with van der Waals surface area (Å²) < 4.78 is 7.98. The zero-order chi connectivity index (χ0) is 19.8. The summed E-state index contributed by atoms with van der Waals surface area (Å²) in [5, 5.41) is 3.35. The maximum Gasteiger partial charge on any atom is 0.322 e. The van der Waals surface area contributed by atoms with Crippen LogP contribution in [0.5, 0.6) is 0 Å². The summed E-state index contributed by atoms with van der Waals surface area (Å²) in [6.45, 7) is 2.50. The number of hydrogen-bond acceptors (Lipinski definition) is 5. The number of carbonyl (C=O) groups is 1. The van der Waals surface area contributed by atoms with Gasteiger partial charge >= 0.3 is 5.91 Å². The smallest absolute Gasteiger partial charge is 0.322 e. The number of benzene rings is 1. The number of aliphatic imine (C=N–C) groups is 1. The number of aryl methyl sites for hydroxylation is 2. The van der Waals surface area contributed by atoms with E-state index in [1.807, 2.05) is 31.2 Å². The van der Waals surface area contributed by atoms with Crippen molar-refractivity contribution >= 4 is 28.7 Å². The summed E-state index contributed by atoms with van der Waals surface area (Å²) in [6.07, 6.45) is 5.81. The third kappa shape index (κ3) is 2.63. The Hall–Kier alpha value is -3.61. The fraction of sp³-hybridized carbons (Fsp3) is 0.190. The molecule has 0 aliphatic carbocycles. The maximum atomic E-state index is 12.3. The van der Waals surface area contributed by atoms with Crippen molar-refractivity contribution in [1.82, 2.24) is 4.57 Å². The van der Waals surface area contributed by atoms with Gasteiger partial charge in [0.1, 0.15) is 11.1 Å². The number of rotatable bonds is 3. The Bertz CT molecular complexity index is 1240. The van der Waals surface area contributed by atoms with E-state index < -0.39 is 11.3 Å². The first-order chi connectivity index (χ1) is 13.6. The van der Waals surface area contributed by atoms with Crippen LogP contribution in [0, 0.1) is 4.91 Å². The molecule has 1 aromatic carbocycles. The minimum Gasteiger partial charge on any atom is -0.454 e. The second-order valence-corrected chi connectivity index (χ2v) is 6.50. The van der Waals surface area contributed by atoms with E-state index in [1.54, 1.807) is 17.8 Å². The fourth-order valence-electron chi connectivity index (χ4n) is 3.69.